The summed E-state index contributed by atoms with van der Waals surface area (Å²) >= 11 is 0. The smallest absolute Gasteiger partial charge is 0.416 e. The Morgan fingerprint density at radius 2 is 1.85 bits per heavy atom. The average Bonchev–Trinajstić information content (AvgIpc) is 3.07. The van der Waals surface area contributed by atoms with Crippen molar-refractivity contribution >= 4 is 33.7 Å². The maximum Gasteiger partial charge on any atom is 0.416 e. The first-order chi connectivity index (χ1) is 15.6. The molecule has 2 aromatic heterocycles. The van der Waals surface area contributed by atoms with Gasteiger partial charge in [0, 0.05) is 16.5 Å². The molecule has 1 amide bonds. The Bertz CT molecular complexity index is 1410. The number of benzene rings is 2. The van der Waals surface area contributed by atoms with Crippen LogP contribution in [0.4, 0.5) is 17.6 Å². The minimum absolute atomic E-state index is 0.0388. The lowest BCUT2D eigenvalue weighted by Crippen LogP contribution is -2.12. The molecule has 0 bridgehead atoms. The topological polar surface area (TPSA) is 107 Å². The van der Waals surface area contributed by atoms with Crippen LogP contribution < -0.4 is 10.5 Å². The Morgan fingerprint density at radius 1 is 1.09 bits per heavy atom. The fourth-order valence-corrected chi connectivity index (χ4v) is 3.69. The fraction of sp³-hybridized carbons (Fsp3) is 0.136. The highest BCUT2D eigenvalue weighted by atomic mass is 19.4. The number of carbonyl (C=O) groups excluding carboxylic acids is 1. The van der Waals surface area contributed by atoms with Crippen molar-refractivity contribution in [2.24, 2.45) is 5.73 Å². The standard InChI is InChI=1S/C22H15F4N3O4/c23-14-6-12(22(24,25)26)5-4-11(14)9-29-15-3-1-2-13(21(27)32)19(15)20-16(29)7-28-8-17(20)33-10-18(30)31/h1-8H,9-10H2,(H2,27,32)(H,30,31). The number of carboxylic acid groups (broad SMARTS) is 1. The summed E-state index contributed by atoms with van der Waals surface area (Å²) in [5, 5.41) is 9.62. The molecule has 0 atom stereocenters. The molecular weight excluding hydrogens is 446 g/mol. The molecular formula is C22H15F4N3O4. The predicted octanol–water partition coefficient (Wildman–Crippen LogP) is 3.96. The summed E-state index contributed by atoms with van der Waals surface area (Å²) < 4.78 is 60.2. The third kappa shape index (κ3) is 4.04. The highest BCUT2D eigenvalue weighted by Gasteiger charge is 2.31. The largest absolute Gasteiger partial charge is 0.480 e. The van der Waals surface area contributed by atoms with Gasteiger partial charge in [0.2, 0.25) is 5.91 Å². The van der Waals surface area contributed by atoms with Gasteiger partial charge < -0.3 is 20.1 Å². The van der Waals surface area contributed by atoms with E-state index in [-0.39, 0.29) is 23.4 Å². The van der Waals surface area contributed by atoms with Crippen LogP contribution in [0, 0.1) is 5.82 Å². The van der Waals surface area contributed by atoms with Gasteiger partial charge in [0.15, 0.2) is 6.61 Å². The van der Waals surface area contributed by atoms with Gasteiger partial charge in [-0.3, -0.25) is 9.78 Å². The fourth-order valence-electron chi connectivity index (χ4n) is 3.69. The number of aromatic nitrogens is 2. The van der Waals surface area contributed by atoms with Gasteiger partial charge >= 0.3 is 12.1 Å². The van der Waals surface area contributed by atoms with Gasteiger partial charge in [0.1, 0.15) is 11.6 Å². The van der Waals surface area contributed by atoms with Crippen molar-refractivity contribution in [3.8, 4) is 5.75 Å². The third-order valence-electron chi connectivity index (χ3n) is 5.09. The van der Waals surface area contributed by atoms with Crippen molar-refractivity contribution in [1.82, 2.24) is 9.55 Å². The van der Waals surface area contributed by atoms with Crippen LogP contribution in [-0.4, -0.2) is 33.1 Å². The monoisotopic (exact) mass is 461 g/mol. The number of ether oxygens (including phenoxy) is 1. The van der Waals surface area contributed by atoms with Gasteiger partial charge in [-0.1, -0.05) is 12.1 Å². The van der Waals surface area contributed by atoms with Crippen molar-refractivity contribution in [2.75, 3.05) is 6.61 Å². The molecule has 0 aliphatic carbocycles. The number of aliphatic carboxylic acids is 1. The number of hydrogen-bond donors (Lipinski definition) is 2. The number of nitrogens with two attached hydrogens (primary N) is 1. The van der Waals surface area contributed by atoms with Gasteiger partial charge in [-0.15, -0.1) is 0 Å². The molecule has 2 heterocycles. The molecule has 0 spiro atoms. The molecule has 3 N–H and O–H groups in total. The quantitative estimate of drug-likeness (QED) is 0.423. The van der Waals surface area contributed by atoms with E-state index in [2.05, 4.69) is 4.98 Å². The number of rotatable bonds is 6. The second kappa shape index (κ2) is 8.08. The highest BCUT2D eigenvalue weighted by Crippen LogP contribution is 2.38. The number of nitrogens with zero attached hydrogens (tertiary/aromatic N) is 2. The van der Waals surface area contributed by atoms with E-state index >= 15 is 0 Å². The van der Waals surface area contributed by atoms with Crippen LogP contribution in [-0.2, 0) is 17.5 Å². The molecule has 0 aliphatic heterocycles. The molecule has 4 aromatic rings. The molecule has 11 heteroatoms. The van der Waals surface area contributed by atoms with Crippen molar-refractivity contribution < 1.29 is 37.0 Å². The van der Waals surface area contributed by atoms with Crippen LogP contribution >= 0.6 is 0 Å². The maximum atomic E-state index is 14.6. The Kier molecular flexibility index (Phi) is 5.40. The first kappa shape index (κ1) is 22.1. The molecule has 0 aliphatic rings. The first-order valence-electron chi connectivity index (χ1n) is 9.47. The Balaban J connectivity index is 1.95. The van der Waals surface area contributed by atoms with Crippen LogP contribution in [0.2, 0.25) is 0 Å². The lowest BCUT2D eigenvalue weighted by atomic mass is 10.1. The second-order valence-electron chi connectivity index (χ2n) is 7.17. The summed E-state index contributed by atoms with van der Waals surface area (Å²) in [5.41, 5.74) is 5.23. The SMILES string of the molecule is NC(=O)c1cccc2c1c1c(OCC(=O)O)cncc1n2Cc1ccc(C(F)(F)F)cc1F. The molecule has 0 radical (unpaired) electrons. The van der Waals surface area contributed by atoms with E-state index in [1.54, 1.807) is 16.7 Å². The molecule has 33 heavy (non-hydrogen) atoms. The van der Waals surface area contributed by atoms with Crippen LogP contribution in [0.3, 0.4) is 0 Å². The van der Waals surface area contributed by atoms with Crippen LogP contribution in [0.15, 0.2) is 48.8 Å². The number of carbonyl (C=O) groups is 2. The lowest BCUT2D eigenvalue weighted by Gasteiger charge is -2.12. The second-order valence-corrected chi connectivity index (χ2v) is 7.17. The van der Waals surface area contributed by atoms with Gasteiger partial charge in [0.05, 0.1) is 40.9 Å². The van der Waals surface area contributed by atoms with Gasteiger partial charge in [0.25, 0.3) is 0 Å². The highest BCUT2D eigenvalue weighted by molar-refractivity contribution is 6.19. The number of hydrogen-bond acceptors (Lipinski definition) is 4. The zero-order chi connectivity index (χ0) is 23.9. The number of pyridine rings is 1. The zero-order valence-electron chi connectivity index (χ0n) is 16.7. The van der Waals surface area contributed by atoms with E-state index < -0.39 is 36.0 Å². The molecule has 170 valence electrons. The number of halogens is 4. The summed E-state index contributed by atoms with van der Waals surface area (Å²) in [5.74, 6) is -3.00. The number of fused-ring (bicyclic) bond motifs is 3. The Hall–Kier alpha value is -4.15. The van der Waals surface area contributed by atoms with Crippen LogP contribution in [0.1, 0.15) is 21.5 Å². The normalized spacial score (nSPS) is 11.8. The summed E-state index contributed by atoms with van der Waals surface area (Å²) in [6.07, 6.45) is -2.02. The number of amides is 1. The van der Waals surface area contributed by atoms with E-state index in [0.717, 1.165) is 12.1 Å². The molecule has 7 nitrogen and oxygen atoms in total. The average molecular weight is 461 g/mol. The molecule has 0 saturated heterocycles. The summed E-state index contributed by atoms with van der Waals surface area (Å²) in [7, 11) is 0. The van der Waals surface area contributed by atoms with Crippen LogP contribution in [0.5, 0.6) is 5.75 Å². The minimum atomic E-state index is -4.69. The Labute approximate surface area is 183 Å². The number of alkyl halides is 3. The summed E-state index contributed by atoms with van der Waals surface area (Å²) in [4.78, 5) is 27.1. The lowest BCUT2D eigenvalue weighted by molar-refractivity contribution is -0.139. The van der Waals surface area contributed by atoms with E-state index in [0.29, 0.717) is 27.9 Å². The van der Waals surface area contributed by atoms with Crippen molar-refractivity contribution in [2.45, 2.75) is 12.7 Å². The molecule has 0 fully saturated rings. The van der Waals surface area contributed by atoms with Crippen molar-refractivity contribution in [3.63, 3.8) is 0 Å². The zero-order valence-corrected chi connectivity index (χ0v) is 16.7. The molecule has 0 unspecified atom stereocenters. The minimum Gasteiger partial charge on any atom is -0.480 e. The van der Waals surface area contributed by atoms with E-state index in [1.165, 1.54) is 18.5 Å². The van der Waals surface area contributed by atoms with E-state index in [4.69, 9.17) is 15.6 Å². The third-order valence-corrected chi connectivity index (χ3v) is 5.09. The molecule has 0 saturated carbocycles. The van der Waals surface area contributed by atoms with E-state index in [9.17, 15) is 27.2 Å². The Morgan fingerprint density at radius 3 is 2.48 bits per heavy atom. The predicted molar refractivity (Wildman–Crippen MR) is 109 cm³/mol. The molecule has 4 rings (SSSR count). The number of carboxylic acids is 1. The maximum absolute atomic E-state index is 14.6. The van der Waals surface area contributed by atoms with Crippen molar-refractivity contribution in [1.29, 1.82) is 0 Å². The van der Waals surface area contributed by atoms with Gasteiger partial charge in [-0.25, -0.2) is 9.18 Å². The van der Waals surface area contributed by atoms with Gasteiger partial charge in [-0.2, -0.15) is 13.2 Å². The van der Waals surface area contributed by atoms with Crippen LogP contribution in [0.25, 0.3) is 21.8 Å². The molecule has 2 aromatic carbocycles. The van der Waals surface area contributed by atoms with E-state index in [1.807, 2.05) is 0 Å². The van der Waals surface area contributed by atoms with Crippen molar-refractivity contribution in [3.05, 3.63) is 71.3 Å². The van der Waals surface area contributed by atoms with Gasteiger partial charge in [-0.05, 0) is 24.3 Å². The summed E-state index contributed by atoms with van der Waals surface area (Å²) in [6.45, 7) is -0.879. The number of primary amides is 1. The first-order valence-corrected chi connectivity index (χ1v) is 9.47. The summed E-state index contributed by atoms with van der Waals surface area (Å²) in [6, 6.07) is 6.86.